The van der Waals surface area contributed by atoms with Gasteiger partial charge in [-0.3, -0.25) is 4.79 Å². The number of benzene rings is 1. The predicted molar refractivity (Wildman–Crippen MR) is 70.8 cm³/mol. The number of nitrogens with zero attached hydrogens (tertiary/aromatic N) is 1. The molecule has 22 heavy (non-hydrogen) atoms. The average Bonchev–Trinajstić information content (AvgIpc) is 2.47. The summed E-state index contributed by atoms with van der Waals surface area (Å²) in [5.41, 5.74) is -1.88. The molecule has 0 bridgehead atoms. The molecule has 1 amide bonds. The van der Waals surface area contributed by atoms with Crippen LogP contribution in [0.1, 0.15) is 23.2 Å². The number of carboxylic acid groups (broad SMARTS) is 1. The number of ether oxygens (including phenoxy) is 1. The lowest BCUT2D eigenvalue weighted by Gasteiger charge is -2.35. The number of hydrogen-bond donors (Lipinski definition) is 2. The first-order valence-electron chi connectivity index (χ1n) is 6.62. The number of carbonyl (C=O) groups excluding carboxylic acids is 1. The van der Waals surface area contributed by atoms with Crippen LogP contribution in [-0.2, 0) is 4.79 Å². The fourth-order valence-electron chi connectivity index (χ4n) is 2.31. The first-order chi connectivity index (χ1) is 10.3. The van der Waals surface area contributed by atoms with Crippen molar-refractivity contribution >= 4 is 11.9 Å². The SMILES string of the molecule is O=C(c1ccccc1OC(F)F)N1CCC(O)(C(=O)O)CC1. The molecule has 1 fully saturated rings. The molecule has 0 unspecified atom stereocenters. The van der Waals surface area contributed by atoms with E-state index in [1.54, 1.807) is 0 Å². The van der Waals surface area contributed by atoms with E-state index in [9.17, 15) is 23.5 Å². The van der Waals surface area contributed by atoms with Crippen LogP contribution in [0.3, 0.4) is 0 Å². The maximum Gasteiger partial charge on any atom is 0.387 e. The molecule has 0 saturated carbocycles. The molecule has 120 valence electrons. The molecule has 1 saturated heterocycles. The second-order valence-corrected chi connectivity index (χ2v) is 5.00. The van der Waals surface area contributed by atoms with Gasteiger partial charge in [0.2, 0.25) is 0 Å². The van der Waals surface area contributed by atoms with Crippen molar-refractivity contribution in [3.05, 3.63) is 29.8 Å². The van der Waals surface area contributed by atoms with Crippen LogP contribution in [0.4, 0.5) is 8.78 Å². The smallest absolute Gasteiger partial charge is 0.387 e. The number of halogens is 2. The highest BCUT2D eigenvalue weighted by Gasteiger charge is 2.40. The van der Waals surface area contributed by atoms with Crippen LogP contribution < -0.4 is 4.74 Å². The Hall–Kier alpha value is -2.22. The van der Waals surface area contributed by atoms with Gasteiger partial charge in [-0.1, -0.05) is 12.1 Å². The summed E-state index contributed by atoms with van der Waals surface area (Å²) >= 11 is 0. The van der Waals surface area contributed by atoms with E-state index in [0.29, 0.717) is 0 Å². The summed E-state index contributed by atoms with van der Waals surface area (Å²) in [6.45, 7) is -3.01. The van der Waals surface area contributed by atoms with E-state index in [-0.39, 0.29) is 37.2 Å². The number of piperidine rings is 1. The minimum Gasteiger partial charge on any atom is -0.479 e. The molecule has 0 aliphatic carbocycles. The molecular weight excluding hydrogens is 300 g/mol. The number of alkyl halides is 2. The Balaban J connectivity index is 2.12. The first-order valence-corrected chi connectivity index (χ1v) is 6.62. The molecule has 1 aromatic rings. The maximum absolute atomic E-state index is 12.4. The zero-order valence-electron chi connectivity index (χ0n) is 11.5. The van der Waals surface area contributed by atoms with Gasteiger partial charge < -0.3 is 19.8 Å². The molecule has 0 atom stereocenters. The first kappa shape index (κ1) is 16.2. The van der Waals surface area contributed by atoms with Gasteiger partial charge in [0.05, 0.1) is 5.56 Å². The van der Waals surface area contributed by atoms with E-state index in [4.69, 9.17) is 5.11 Å². The number of aliphatic carboxylic acids is 1. The molecular formula is C14H15F2NO5. The molecule has 2 rings (SSSR count). The molecule has 8 heteroatoms. The Morgan fingerprint density at radius 1 is 1.23 bits per heavy atom. The fourth-order valence-corrected chi connectivity index (χ4v) is 2.31. The third kappa shape index (κ3) is 3.33. The van der Waals surface area contributed by atoms with Gasteiger partial charge in [0, 0.05) is 25.9 Å². The van der Waals surface area contributed by atoms with E-state index < -0.39 is 24.1 Å². The molecule has 1 aromatic carbocycles. The number of amides is 1. The summed E-state index contributed by atoms with van der Waals surface area (Å²) in [4.78, 5) is 24.6. The molecule has 0 spiro atoms. The standard InChI is InChI=1S/C14H15F2NO5/c15-13(16)22-10-4-2-1-3-9(10)11(18)17-7-5-14(21,6-8-17)12(19)20/h1-4,13,21H,5-8H2,(H,19,20). The normalized spacial score (nSPS) is 17.4. The van der Waals surface area contributed by atoms with E-state index in [2.05, 4.69) is 4.74 Å². The fraction of sp³-hybridized carbons (Fsp3) is 0.429. The number of hydrogen-bond acceptors (Lipinski definition) is 4. The van der Waals surface area contributed by atoms with Gasteiger partial charge in [0.25, 0.3) is 5.91 Å². The van der Waals surface area contributed by atoms with Crippen LogP contribution in [0.15, 0.2) is 24.3 Å². The third-order valence-electron chi connectivity index (χ3n) is 3.61. The quantitative estimate of drug-likeness (QED) is 0.875. The minimum atomic E-state index is -3.05. The second-order valence-electron chi connectivity index (χ2n) is 5.00. The van der Waals surface area contributed by atoms with Gasteiger partial charge in [-0.2, -0.15) is 8.78 Å². The van der Waals surface area contributed by atoms with E-state index >= 15 is 0 Å². The summed E-state index contributed by atoms with van der Waals surface area (Å²) in [7, 11) is 0. The van der Waals surface area contributed by atoms with Gasteiger partial charge in [-0.15, -0.1) is 0 Å². The molecule has 0 radical (unpaired) electrons. The number of rotatable bonds is 4. The van der Waals surface area contributed by atoms with Crippen LogP contribution in [-0.4, -0.2) is 52.3 Å². The van der Waals surface area contributed by atoms with Crippen molar-refractivity contribution in [1.82, 2.24) is 4.90 Å². The van der Waals surface area contributed by atoms with Gasteiger partial charge >= 0.3 is 12.6 Å². The number of carbonyl (C=O) groups is 2. The van der Waals surface area contributed by atoms with E-state index in [1.807, 2.05) is 0 Å². The number of aliphatic hydroxyl groups is 1. The third-order valence-corrected chi connectivity index (χ3v) is 3.61. The van der Waals surface area contributed by atoms with Gasteiger partial charge in [0.15, 0.2) is 5.60 Å². The van der Waals surface area contributed by atoms with E-state index in [1.165, 1.54) is 29.2 Å². The summed E-state index contributed by atoms with van der Waals surface area (Å²) < 4.78 is 29.0. The molecule has 1 heterocycles. The van der Waals surface area contributed by atoms with Crippen LogP contribution >= 0.6 is 0 Å². The Morgan fingerprint density at radius 3 is 2.36 bits per heavy atom. The van der Waals surface area contributed by atoms with Crippen molar-refractivity contribution in [3.8, 4) is 5.75 Å². The number of carboxylic acids is 1. The van der Waals surface area contributed by atoms with Crippen molar-refractivity contribution < 1.29 is 33.3 Å². The largest absolute Gasteiger partial charge is 0.479 e. The monoisotopic (exact) mass is 315 g/mol. The number of para-hydroxylation sites is 1. The lowest BCUT2D eigenvalue weighted by molar-refractivity contribution is -0.162. The van der Waals surface area contributed by atoms with E-state index in [0.717, 1.165) is 0 Å². The Kier molecular flexibility index (Phi) is 4.60. The molecule has 0 aromatic heterocycles. The van der Waals surface area contributed by atoms with Gasteiger partial charge in [-0.25, -0.2) is 4.79 Å². The second kappa shape index (κ2) is 6.27. The molecule has 6 nitrogen and oxygen atoms in total. The summed E-state index contributed by atoms with van der Waals surface area (Å²) in [6.07, 6.45) is -0.238. The van der Waals surface area contributed by atoms with Gasteiger partial charge in [-0.05, 0) is 12.1 Å². The highest BCUT2D eigenvalue weighted by Crippen LogP contribution is 2.26. The summed E-state index contributed by atoms with van der Waals surface area (Å²) in [6, 6.07) is 5.60. The lowest BCUT2D eigenvalue weighted by atomic mass is 9.91. The molecule has 1 aliphatic rings. The van der Waals surface area contributed by atoms with Crippen molar-refractivity contribution in [3.63, 3.8) is 0 Å². The van der Waals surface area contributed by atoms with Gasteiger partial charge in [0.1, 0.15) is 5.75 Å². The minimum absolute atomic E-state index is 0.0185. The number of likely N-dealkylation sites (tertiary alicyclic amines) is 1. The Labute approximate surface area is 124 Å². The lowest BCUT2D eigenvalue weighted by Crippen LogP contribution is -2.50. The van der Waals surface area contributed by atoms with Crippen molar-refractivity contribution in [2.45, 2.75) is 25.1 Å². The van der Waals surface area contributed by atoms with Crippen LogP contribution in [0.2, 0.25) is 0 Å². The summed E-state index contributed by atoms with van der Waals surface area (Å²) in [5, 5.41) is 18.8. The highest BCUT2D eigenvalue weighted by molar-refractivity contribution is 5.97. The zero-order valence-corrected chi connectivity index (χ0v) is 11.5. The van der Waals surface area contributed by atoms with Crippen molar-refractivity contribution in [2.24, 2.45) is 0 Å². The van der Waals surface area contributed by atoms with Crippen molar-refractivity contribution in [2.75, 3.05) is 13.1 Å². The average molecular weight is 315 g/mol. The predicted octanol–water partition coefficient (Wildman–Crippen LogP) is 1.34. The maximum atomic E-state index is 12.4. The summed E-state index contributed by atoms with van der Waals surface area (Å²) in [5.74, 6) is -2.11. The molecule has 2 N–H and O–H groups in total. The molecule has 1 aliphatic heterocycles. The topological polar surface area (TPSA) is 87.1 Å². The van der Waals surface area contributed by atoms with Crippen LogP contribution in [0, 0.1) is 0 Å². The van der Waals surface area contributed by atoms with Crippen LogP contribution in [0.5, 0.6) is 5.75 Å². The zero-order chi connectivity index (χ0) is 16.3. The highest BCUT2D eigenvalue weighted by atomic mass is 19.3. The van der Waals surface area contributed by atoms with Crippen LogP contribution in [0.25, 0.3) is 0 Å². The Morgan fingerprint density at radius 2 is 1.82 bits per heavy atom. The van der Waals surface area contributed by atoms with Crippen molar-refractivity contribution in [1.29, 1.82) is 0 Å². The Bertz CT molecular complexity index is 570.